The summed E-state index contributed by atoms with van der Waals surface area (Å²) in [4.78, 5) is 3.88. The van der Waals surface area contributed by atoms with E-state index in [1.807, 2.05) is 6.92 Å². The zero-order chi connectivity index (χ0) is 127. The second-order valence-corrected chi connectivity index (χ2v) is 37.8. The summed E-state index contributed by atoms with van der Waals surface area (Å²) in [6.45, 7) is -1.03. The van der Waals surface area contributed by atoms with Crippen LogP contribution in [0.3, 0.4) is 0 Å². The average molecular weight is 1740 g/mol. The molecule has 6 aromatic rings. The minimum atomic E-state index is -5.10. The molecule has 0 amide bonds. The highest BCUT2D eigenvalue weighted by Gasteiger charge is 2.29. The fourth-order valence-electron chi connectivity index (χ4n) is 13.2. The van der Waals surface area contributed by atoms with Gasteiger partial charge in [0.2, 0.25) is 0 Å². The van der Waals surface area contributed by atoms with Crippen molar-refractivity contribution in [1.29, 1.82) is 0 Å². The van der Waals surface area contributed by atoms with E-state index in [-0.39, 0.29) is 84.3 Å². The van der Waals surface area contributed by atoms with Crippen LogP contribution in [0.25, 0.3) is 0 Å². The van der Waals surface area contributed by atoms with Crippen LogP contribution < -0.4 is 0 Å². The van der Waals surface area contributed by atoms with Gasteiger partial charge in [-0.25, -0.2) is 50.5 Å². The molecule has 0 radical (unpaired) electrons. The lowest BCUT2D eigenvalue weighted by atomic mass is 9.90. The van der Waals surface area contributed by atoms with E-state index >= 15 is 0 Å². The largest absolute Gasteiger partial charge is 0.303 e. The molecule has 0 saturated carbocycles. The van der Waals surface area contributed by atoms with Gasteiger partial charge in [0.1, 0.15) is 0 Å². The van der Waals surface area contributed by atoms with Gasteiger partial charge in [-0.15, -0.1) is 0 Å². The average Bonchev–Trinajstić information content (AvgIpc) is 0.654. The Kier molecular flexibility index (Phi) is 18.9. The third-order valence-corrected chi connectivity index (χ3v) is 23.6. The van der Waals surface area contributed by atoms with E-state index in [9.17, 15) is 50.5 Å². The van der Waals surface area contributed by atoms with Crippen molar-refractivity contribution in [2.45, 2.75) is 222 Å². The molecule has 6 fully saturated rings. The monoisotopic (exact) mass is 1740 g/mol. The summed E-state index contributed by atoms with van der Waals surface area (Å²) in [5, 5.41) is 0. The number of sulfone groups is 6. The molecule has 0 aromatic heterocycles. The first-order chi connectivity index (χ1) is 73.9. The first-order valence-corrected chi connectivity index (χ1v) is 47.5. The Balaban J connectivity index is 0.000000266. The summed E-state index contributed by atoms with van der Waals surface area (Å²) in [5.74, 6) is -5.70. The van der Waals surface area contributed by atoms with Crippen molar-refractivity contribution in [3.05, 3.63) is 178 Å². The van der Waals surface area contributed by atoms with Gasteiger partial charge in [-0.2, -0.15) is 0 Å². The van der Waals surface area contributed by atoms with Crippen molar-refractivity contribution in [2.75, 3.05) is 155 Å². The Hall–Kier alpha value is -5.22. The predicted molar refractivity (Wildman–Crippen MR) is 470 cm³/mol. The zero-order valence-electron chi connectivity index (χ0n) is 116. The van der Waals surface area contributed by atoms with Crippen molar-refractivity contribution in [3.63, 3.8) is 0 Å². The summed E-state index contributed by atoms with van der Waals surface area (Å²) in [6.07, 6.45) is -12.0. The molecule has 0 N–H and O–H groups in total. The van der Waals surface area contributed by atoms with Crippen LogP contribution in [0.5, 0.6) is 0 Å². The van der Waals surface area contributed by atoms with E-state index in [1.54, 1.807) is 23.6 Å². The lowest BCUT2D eigenvalue weighted by molar-refractivity contribution is 0.208. The summed E-state index contributed by atoms with van der Waals surface area (Å²) < 4.78 is 544. The first kappa shape index (κ1) is 46.5. The molecule has 18 nitrogen and oxygen atoms in total. The Morgan fingerprint density at radius 3 is 0.982 bits per heavy atom. The van der Waals surface area contributed by atoms with E-state index in [4.69, 9.17) is 68.5 Å². The molecule has 0 unspecified atom stereocenters. The van der Waals surface area contributed by atoms with E-state index in [0.29, 0.717) is 103 Å². The van der Waals surface area contributed by atoms with Gasteiger partial charge < -0.3 is 29.4 Å². The van der Waals surface area contributed by atoms with Crippen molar-refractivity contribution in [3.8, 4) is 0 Å². The fraction of sp³-hybridized carbons (Fsp3) is 0.600. The normalized spacial score (nSPS) is 31.3. The number of nitrogens with zero attached hydrogens (tertiary/aromatic N) is 6. The van der Waals surface area contributed by atoms with Gasteiger partial charge in [0.25, 0.3) is 0 Å². The van der Waals surface area contributed by atoms with Crippen molar-refractivity contribution in [1.82, 2.24) is 29.4 Å². The van der Waals surface area contributed by atoms with Crippen LogP contribution in [0, 0.1) is 0 Å². The molecule has 6 saturated heterocycles. The number of rotatable bonds is 24. The Bertz CT molecular complexity index is 7290. The minimum Gasteiger partial charge on any atom is -0.303 e. The van der Waals surface area contributed by atoms with Gasteiger partial charge in [0.15, 0.2) is 59.0 Å². The smallest absolute Gasteiger partial charge is 0.175 e. The maximum absolute atomic E-state index is 12.4. The van der Waals surface area contributed by atoms with E-state index in [1.165, 1.54) is 4.90 Å². The fourth-order valence-corrected chi connectivity index (χ4v) is 16.2. The maximum atomic E-state index is 12.4. The molecule has 6 atom stereocenters. The number of hydrogen-bond donors (Lipinski definition) is 0. The standard InChI is InChI=1S/6C15H23NO2S/c6*1-3-9-16-10-5-7-14(12-16)13-6-4-8-15(11-13)19(2,17)18/h6*4,6,8,11,14H,3,5,7,9-10,12H2,1-2H3/t6*14-/m000000/s1/i2D3,3D2,5D2,7D2,9D2,10D2,12D2,14D;3D2,4D,6D,8D,9D2,11D;2D3,4D,6D,8D,9D2,11D;4D,6D,8D,9D2,11D;2D3,4D,6D,8D,11D;4D,6D,8D,11D. The van der Waals surface area contributed by atoms with Gasteiger partial charge in [-0.05, 0) is 335 Å². The number of benzene rings is 6. The quantitative estimate of drug-likeness (QED) is 0.0549. The molecule has 6 aromatic carbocycles. The van der Waals surface area contributed by atoms with E-state index in [0.717, 1.165) is 102 Å². The summed E-state index contributed by atoms with van der Waals surface area (Å²) in [6, 6.07) is -7.89. The van der Waals surface area contributed by atoms with Crippen molar-refractivity contribution >= 4 is 59.0 Å². The summed E-state index contributed by atoms with van der Waals surface area (Å²) in [7, 11) is -26.7. The molecular weight excluding hydrogens is 1550 g/mol. The highest BCUT2D eigenvalue weighted by atomic mass is 32.2. The molecule has 0 bridgehead atoms. The summed E-state index contributed by atoms with van der Waals surface area (Å²) in [5.41, 5.74) is -0.524. The Morgan fingerprint density at radius 1 is 0.377 bits per heavy atom. The second kappa shape index (κ2) is 46.4. The van der Waals surface area contributed by atoms with Gasteiger partial charge in [0, 0.05) is 118 Å². The molecule has 6 aliphatic rings. The van der Waals surface area contributed by atoms with Crippen LogP contribution in [0.1, 0.15) is 294 Å². The van der Waals surface area contributed by atoms with Gasteiger partial charge >= 0.3 is 0 Å². The van der Waals surface area contributed by atoms with Gasteiger partial charge in [0.05, 0.1) is 56.8 Å². The van der Waals surface area contributed by atoms with Gasteiger partial charge in [-0.1, -0.05) is 114 Å². The van der Waals surface area contributed by atoms with E-state index < -0.39 is 302 Å². The molecule has 6 aliphatic heterocycles. The Morgan fingerprint density at radius 2 is 0.675 bits per heavy atom. The third kappa shape index (κ3) is 32.1. The summed E-state index contributed by atoms with van der Waals surface area (Å²) >= 11 is 0. The lowest BCUT2D eigenvalue weighted by Crippen LogP contribution is -2.34. The lowest BCUT2D eigenvalue weighted by Gasteiger charge is -2.32. The van der Waals surface area contributed by atoms with Crippen LogP contribution in [-0.4, -0.2) is 235 Å². The molecule has 0 spiro atoms. The third-order valence-electron chi connectivity index (χ3n) is 18.4. The number of piperidine rings is 6. The SMILES string of the molecule is [2H]C([2H])(C)C([2H])([2H])N1C([2H])([2H])C([2H])([2H])C([2H])([2H])[C@]([2H])(c2cccc(S(=O)(=O)C([2H])([2H])[2H])c2)C1([2H])[2H].[2H]c1c([2H])c([C@H]2CCCN(C([2H])([2H])C([2H])([2H])C)C2)c([2H])c(S(C)(=O)=O)c1[2H].[2H]c1c([2H])c([C@H]2CCCN(C([2H])([2H])CC)C2)c([2H])c(S(=O)(=O)C([2H])([2H])[2H])c1[2H].[2H]c1c([2H])c([C@H]2CCCN(C([2H])([2H])CC)C2)c([2H])c(S(C)(=O)=O)c1[2H].[2H]c1c([2H])c([C@H]2CCCN(CCC)C2)c([2H])c(S(=O)(=O)C([2H])([2H])[2H])c1[2H].[2H]c1c([2H])c([C@H]2CCCN(CCC)C2)c([2H])c(S(C)(=O)=O)c1[2H]. The molecule has 12 rings (SSSR count). The second-order valence-electron chi connectivity index (χ2n) is 27.6. The highest BCUT2D eigenvalue weighted by Crippen LogP contribution is 2.35. The van der Waals surface area contributed by atoms with Crippen molar-refractivity contribution < 1.29 is 119 Å². The molecule has 24 heteroatoms. The predicted octanol–water partition coefficient (Wildman–Crippen LogP) is 16.1. The van der Waals surface area contributed by atoms with Gasteiger partial charge in [-0.3, -0.25) is 0 Å². The number of likely N-dealkylation sites (tertiary alicyclic amines) is 6. The molecule has 6 heterocycles. The molecule has 0 aliphatic carbocycles. The van der Waals surface area contributed by atoms with Crippen LogP contribution in [-0.2, 0) is 59.0 Å². The maximum Gasteiger partial charge on any atom is 0.175 e. The molecular formula is C90H138N6O12S6. The van der Waals surface area contributed by atoms with Crippen LogP contribution >= 0.6 is 0 Å². The highest BCUT2D eigenvalue weighted by molar-refractivity contribution is 7.92. The Labute approximate surface area is 760 Å². The zero-order valence-corrected chi connectivity index (χ0v) is 70.5. The van der Waals surface area contributed by atoms with Crippen LogP contribution in [0.15, 0.2) is 174 Å². The molecule has 636 valence electrons. The number of hydrogen-bond acceptors (Lipinski definition) is 18. The van der Waals surface area contributed by atoms with E-state index in [2.05, 4.69) is 16.7 Å². The van der Waals surface area contributed by atoms with Crippen LogP contribution in [0.4, 0.5) is 0 Å². The van der Waals surface area contributed by atoms with Crippen molar-refractivity contribution in [2.24, 2.45) is 0 Å². The molecule has 114 heavy (non-hydrogen) atoms. The minimum absolute atomic E-state index is 0.00189. The topological polar surface area (TPSA) is 224 Å². The van der Waals surface area contributed by atoms with Crippen LogP contribution in [0.2, 0.25) is 0 Å². The first-order valence-electron chi connectivity index (χ1n) is 62.3.